The Labute approximate surface area is 119 Å². The molecule has 2 N–H and O–H groups in total. The Bertz CT molecular complexity index is 632. The number of aryl methyl sites for hydroxylation is 1. The normalized spacial score (nSPS) is 11.5. The van der Waals surface area contributed by atoms with E-state index in [1.807, 2.05) is 0 Å². The molecule has 0 heterocycles. The van der Waals surface area contributed by atoms with E-state index in [1.54, 1.807) is 6.92 Å². The molecule has 0 amide bonds. The van der Waals surface area contributed by atoms with Crippen molar-refractivity contribution in [2.45, 2.75) is 19.6 Å². The van der Waals surface area contributed by atoms with E-state index in [9.17, 15) is 22.7 Å². The largest absolute Gasteiger partial charge is 0.508 e. The lowest BCUT2D eigenvalue weighted by atomic mass is 10.1. The molecule has 0 unspecified atom stereocenters. The Balaban J connectivity index is 2.19. The summed E-state index contributed by atoms with van der Waals surface area (Å²) in [5, 5.41) is 12.1. The number of hydrogen-bond acceptors (Lipinski definition) is 2. The van der Waals surface area contributed by atoms with Crippen molar-refractivity contribution in [2.24, 2.45) is 0 Å². The number of aromatic hydroxyl groups is 1. The lowest BCUT2D eigenvalue weighted by Crippen LogP contribution is -2.07. The second kappa shape index (κ2) is 5.63. The van der Waals surface area contributed by atoms with Gasteiger partial charge in [0.15, 0.2) is 0 Å². The summed E-state index contributed by atoms with van der Waals surface area (Å²) in [6, 6.07) is 6.89. The number of hydrogen-bond donors (Lipinski definition) is 2. The fraction of sp³-hybridized carbons (Fsp3) is 0.200. The first-order valence-electron chi connectivity index (χ1n) is 6.16. The molecule has 2 rings (SSSR count). The van der Waals surface area contributed by atoms with E-state index in [-0.39, 0.29) is 12.3 Å². The number of phenolic OH excluding ortho intramolecular Hbond substituents is 1. The molecule has 2 aromatic rings. The molecular weight excluding hydrogens is 286 g/mol. The zero-order chi connectivity index (χ0) is 15.6. The van der Waals surface area contributed by atoms with Gasteiger partial charge in [0, 0.05) is 18.3 Å². The summed E-state index contributed by atoms with van der Waals surface area (Å²) in [4.78, 5) is 0. The number of nitrogens with one attached hydrogen (secondary N) is 1. The monoisotopic (exact) mass is 299 g/mol. The van der Waals surface area contributed by atoms with E-state index in [0.717, 1.165) is 18.2 Å². The molecule has 0 spiro atoms. The molecule has 0 atom stereocenters. The van der Waals surface area contributed by atoms with Crippen LogP contribution >= 0.6 is 0 Å². The van der Waals surface area contributed by atoms with Crippen molar-refractivity contribution in [3.8, 4) is 5.75 Å². The predicted octanol–water partition coefficient (Wildman–Crippen LogP) is 4.47. The highest BCUT2D eigenvalue weighted by molar-refractivity contribution is 5.53. The van der Waals surface area contributed by atoms with Gasteiger partial charge in [0.25, 0.3) is 0 Å². The van der Waals surface area contributed by atoms with Gasteiger partial charge in [-0.15, -0.1) is 0 Å². The van der Waals surface area contributed by atoms with E-state index in [0.29, 0.717) is 16.8 Å². The van der Waals surface area contributed by atoms with Crippen molar-refractivity contribution in [3.63, 3.8) is 0 Å². The number of benzene rings is 2. The van der Waals surface area contributed by atoms with E-state index >= 15 is 0 Å². The second-order valence-corrected chi connectivity index (χ2v) is 4.70. The average molecular weight is 299 g/mol. The van der Waals surface area contributed by atoms with Crippen molar-refractivity contribution >= 4 is 5.69 Å². The third kappa shape index (κ3) is 3.87. The topological polar surface area (TPSA) is 32.3 Å². The molecule has 6 heteroatoms. The van der Waals surface area contributed by atoms with Crippen LogP contribution in [0.1, 0.15) is 16.7 Å². The lowest BCUT2D eigenvalue weighted by molar-refractivity contribution is -0.137. The summed E-state index contributed by atoms with van der Waals surface area (Å²) in [7, 11) is 0. The Morgan fingerprint density at radius 3 is 2.43 bits per heavy atom. The van der Waals surface area contributed by atoms with Crippen molar-refractivity contribution in [2.75, 3.05) is 5.32 Å². The van der Waals surface area contributed by atoms with Crippen LogP contribution < -0.4 is 5.32 Å². The number of anilines is 1. The van der Waals surface area contributed by atoms with Crippen molar-refractivity contribution < 1.29 is 22.7 Å². The van der Waals surface area contributed by atoms with E-state index in [2.05, 4.69) is 5.32 Å². The van der Waals surface area contributed by atoms with Crippen LogP contribution in [0.5, 0.6) is 5.75 Å². The van der Waals surface area contributed by atoms with Gasteiger partial charge in [-0.1, -0.05) is 6.07 Å². The van der Waals surface area contributed by atoms with Crippen LogP contribution in [-0.2, 0) is 12.7 Å². The number of halogens is 4. The number of alkyl halides is 3. The molecule has 0 aliphatic heterocycles. The van der Waals surface area contributed by atoms with Crippen LogP contribution in [0.25, 0.3) is 0 Å². The van der Waals surface area contributed by atoms with Crippen molar-refractivity contribution in [3.05, 3.63) is 58.9 Å². The molecule has 112 valence electrons. The van der Waals surface area contributed by atoms with Gasteiger partial charge in [0.05, 0.1) is 5.56 Å². The van der Waals surface area contributed by atoms with Gasteiger partial charge in [-0.05, 0) is 42.3 Å². The van der Waals surface area contributed by atoms with Crippen molar-refractivity contribution in [1.29, 1.82) is 0 Å². The lowest BCUT2D eigenvalue weighted by Gasteiger charge is -2.13. The quantitative estimate of drug-likeness (QED) is 0.820. The van der Waals surface area contributed by atoms with Crippen LogP contribution in [0.3, 0.4) is 0 Å². The average Bonchev–Trinajstić information content (AvgIpc) is 2.35. The Morgan fingerprint density at radius 1 is 1.10 bits per heavy atom. The number of phenols is 1. The third-order valence-corrected chi connectivity index (χ3v) is 2.99. The van der Waals surface area contributed by atoms with Crippen molar-refractivity contribution in [1.82, 2.24) is 0 Å². The van der Waals surface area contributed by atoms with Crippen LogP contribution in [0.15, 0.2) is 36.4 Å². The smallest absolute Gasteiger partial charge is 0.416 e. The predicted molar refractivity (Wildman–Crippen MR) is 71.6 cm³/mol. The standard InChI is InChI=1S/C15H13F4NO/c1-9-2-3-11(15(17,18)19)6-14(9)20-8-10-4-12(16)7-13(21)5-10/h2-7,20-21H,8H2,1H3. The molecule has 0 aromatic heterocycles. The Hall–Kier alpha value is -2.24. The van der Waals surface area contributed by atoms with Gasteiger partial charge in [-0.25, -0.2) is 4.39 Å². The molecule has 21 heavy (non-hydrogen) atoms. The van der Waals surface area contributed by atoms with Gasteiger partial charge in [-0.2, -0.15) is 13.2 Å². The fourth-order valence-corrected chi connectivity index (χ4v) is 1.92. The van der Waals surface area contributed by atoms with E-state index in [1.165, 1.54) is 18.2 Å². The van der Waals surface area contributed by atoms with Gasteiger partial charge in [0.2, 0.25) is 0 Å². The highest BCUT2D eigenvalue weighted by atomic mass is 19.4. The Kier molecular flexibility index (Phi) is 4.06. The van der Waals surface area contributed by atoms with Crippen LogP contribution in [-0.4, -0.2) is 5.11 Å². The van der Waals surface area contributed by atoms with Crippen LogP contribution in [0.2, 0.25) is 0 Å². The summed E-state index contributed by atoms with van der Waals surface area (Å²) in [6.07, 6.45) is -4.42. The second-order valence-electron chi connectivity index (χ2n) is 4.70. The minimum atomic E-state index is -4.42. The molecule has 0 saturated carbocycles. The SMILES string of the molecule is Cc1ccc(C(F)(F)F)cc1NCc1cc(O)cc(F)c1. The van der Waals surface area contributed by atoms with Gasteiger partial charge in [-0.3, -0.25) is 0 Å². The first-order chi connectivity index (χ1) is 9.75. The molecule has 0 aliphatic carbocycles. The summed E-state index contributed by atoms with van der Waals surface area (Å²) < 4.78 is 51.1. The van der Waals surface area contributed by atoms with E-state index < -0.39 is 17.6 Å². The van der Waals surface area contributed by atoms with Crippen LogP contribution in [0.4, 0.5) is 23.2 Å². The highest BCUT2D eigenvalue weighted by Gasteiger charge is 2.30. The summed E-state index contributed by atoms with van der Waals surface area (Å²) >= 11 is 0. The maximum absolute atomic E-state index is 13.1. The van der Waals surface area contributed by atoms with Gasteiger partial charge >= 0.3 is 6.18 Å². The first kappa shape index (κ1) is 15.2. The molecule has 0 radical (unpaired) electrons. The molecule has 0 aliphatic rings. The minimum Gasteiger partial charge on any atom is -0.508 e. The van der Waals surface area contributed by atoms with Crippen LogP contribution in [0, 0.1) is 12.7 Å². The first-order valence-corrected chi connectivity index (χ1v) is 6.16. The maximum atomic E-state index is 13.1. The molecule has 0 fully saturated rings. The molecular formula is C15H13F4NO. The van der Waals surface area contributed by atoms with Gasteiger partial charge < -0.3 is 10.4 Å². The zero-order valence-corrected chi connectivity index (χ0v) is 11.1. The molecule has 2 nitrogen and oxygen atoms in total. The van der Waals surface area contributed by atoms with Gasteiger partial charge in [0.1, 0.15) is 11.6 Å². The molecule has 2 aromatic carbocycles. The summed E-state index contributed by atoms with van der Waals surface area (Å²) in [5.74, 6) is -0.833. The highest BCUT2D eigenvalue weighted by Crippen LogP contribution is 2.32. The molecule has 0 saturated heterocycles. The zero-order valence-electron chi connectivity index (χ0n) is 11.1. The summed E-state index contributed by atoms with van der Waals surface area (Å²) in [5.41, 5.74) is 0.638. The van der Waals surface area contributed by atoms with E-state index in [4.69, 9.17) is 0 Å². The minimum absolute atomic E-state index is 0.105. The third-order valence-electron chi connectivity index (χ3n) is 2.99. The maximum Gasteiger partial charge on any atom is 0.416 e. The molecule has 0 bridgehead atoms. The summed E-state index contributed by atoms with van der Waals surface area (Å²) in [6.45, 7) is 1.78. The number of rotatable bonds is 3. The Morgan fingerprint density at radius 2 is 1.81 bits per heavy atom. The fourth-order valence-electron chi connectivity index (χ4n) is 1.92.